The Labute approximate surface area is 350 Å². The number of unbranched alkanes of at least 4 members (excludes halogenated alkanes) is 24. The highest BCUT2D eigenvalue weighted by Crippen LogP contribution is 2.14. The average molecular weight is 791 g/mol. The quantitative estimate of drug-likeness (QED) is 0.0491. The third kappa shape index (κ3) is 39.6. The van der Waals surface area contributed by atoms with Crippen LogP contribution in [-0.2, 0) is 19.0 Å². The predicted molar refractivity (Wildman–Crippen MR) is 245 cm³/mol. The van der Waals surface area contributed by atoms with Crippen molar-refractivity contribution in [3.63, 3.8) is 0 Å². The summed E-state index contributed by atoms with van der Waals surface area (Å²) in [7, 11) is 0. The minimum Gasteiger partial charge on any atom is -0.379 e. The summed E-state index contributed by atoms with van der Waals surface area (Å²) >= 11 is 0. The highest BCUT2D eigenvalue weighted by atomic mass is 16.6. The smallest absolute Gasteiger partial charge is 0.249 e. The SMILES string of the molecule is CCCCCCCC/C=C\CCCCCCCCOCC(OCCN(CC(C)C)CC(C)C)C(OCCCCCCCC/C=C\CCCCCCCC)C(N)=O. The van der Waals surface area contributed by atoms with E-state index in [0.717, 1.165) is 38.9 Å². The van der Waals surface area contributed by atoms with Crippen LogP contribution in [0.15, 0.2) is 24.3 Å². The van der Waals surface area contributed by atoms with Crippen molar-refractivity contribution in [1.29, 1.82) is 0 Å². The zero-order valence-corrected chi connectivity index (χ0v) is 38.5. The number of hydrogen-bond acceptors (Lipinski definition) is 5. The third-order valence-corrected chi connectivity index (χ3v) is 10.6. The first kappa shape index (κ1) is 54.8. The Balaban J connectivity index is 4.47. The molecule has 0 aliphatic carbocycles. The Hall–Kier alpha value is -1.21. The van der Waals surface area contributed by atoms with E-state index in [1.54, 1.807) is 0 Å². The number of allylic oxidation sites excluding steroid dienone is 4. The molecule has 0 aliphatic heterocycles. The molecule has 2 N–H and O–H groups in total. The van der Waals surface area contributed by atoms with Gasteiger partial charge in [0.2, 0.25) is 5.91 Å². The van der Waals surface area contributed by atoms with Crippen molar-refractivity contribution in [3.05, 3.63) is 24.3 Å². The Morgan fingerprint density at radius 3 is 1.27 bits per heavy atom. The van der Waals surface area contributed by atoms with Crippen LogP contribution >= 0.6 is 0 Å². The molecule has 6 nitrogen and oxygen atoms in total. The number of carbonyl (C=O) groups excluding carboxylic acids is 1. The highest BCUT2D eigenvalue weighted by Gasteiger charge is 2.29. The molecule has 2 atom stereocenters. The second kappa shape index (κ2) is 43.4. The van der Waals surface area contributed by atoms with Gasteiger partial charge in [-0.05, 0) is 76.0 Å². The van der Waals surface area contributed by atoms with Crippen LogP contribution in [0.5, 0.6) is 0 Å². The van der Waals surface area contributed by atoms with Gasteiger partial charge in [0.25, 0.3) is 0 Å². The van der Waals surface area contributed by atoms with Gasteiger partial charge in [-0.25, -0.2) is 0 Å². The van der Waals surface area contributed by atoms with Crippen LogP contribution in [0.2, 0.25) is 0 Å². The largest absolute Gasteiger partial charge is 0.379 e. The van der Waals surface area contributed by atoms with Gasteiger partial charge in [-0.2, -0.15) is 0 Å². The number of nitrogens with two attached hydrogens (primary N) is 1. The summed E-state index contributed by atoms with van der Waals surface area (Å²) in [6, 6.07) is 0. The van der Waals surface area contributed by atoms with Gasteiger partial charge in [0.15, 0.2) is 6.10 Å². The summed E-state index contributed by atoms with van der Waals surface area (Å²) in [6.45, 7) is 18.5. The number of amides is 1. The molecule has 332 valence electrons. The van der Waals surface area contributed by atoms with Crippen LogP contribution in [0, 0.1) is 11.8 Å². The maximum absolute atomic E-state index is 12.7. The Morgan fingerprint density at radius 2 is 0.875 bits per heavy atom. The predicted octanol–water partition coefficient (Wildman–Crippen LogP) is 13.9. The number of nitrogens with zero attached hydrogens (tertiary/aromatic N) is 1. The van der Waals surface area contributed by atoms with E-state index < -0.39 is 18.1 Å². The van der Waals surface area contributed by atoms with E-state index in [1.807, 2.05) is 0 Å². The molecule has 0 radical (unpaired) electrons. The fourth-order valence-corrected chi connectivity index (χ4v) is 7.43. The number of primary amides is 1. The Morgan fingerprint density at radius 1 is 0.500 bits per heavy atom. The van der Waals surface area contributed by atoms with E-state index in [1.165, 1.54) is 161 Å². The van der Waals surface area contributed by atoms with Crippen molar-refractivity contribution in [2.75, 3.05) is 46.1 Å². The van der Waals surface area contributed by atoms with Crippen LogP contribution in [-0.4, -0.2) is 69.1 Å². The lowest BCUT2D eigenvalue weighted by Crippen LogP contribution is -2.46. The van der Waals surface area contributed by atoms with Crippen molar-refractivity contribution in [1.82, 2.24) is 4.90 Å². The maximum Gasteiger partial charge on any atom is 0.249 e. The molecular weight excluding hydrogens is 693 g/mol. The van der Waals surface area contributed by atoms with Gasteiger partial charge in [0.05, 0.1) is 13.2 Å². The minimum atomic E-state index is -0.790. The fourth-order valence-electron chi connectivity index (χ4n) is 7.43. The number of ether oxygens (including phenoxy) is 3. The highest BCUT2D eigenvalue weighted by molar-refractivity contribution is 5.79. The topological polar surface area (TPSA) is 74.0 Å². The molecule has 0 rings (SSSR count). The Bertz CT molecular complexity index is 850. The first-order valence-electron chi connectivity index (χ1n) is 24.4. The van der Waals surface area contributed by atoms with Crippen LogP contribution < -0.4 is 5.73 Å². The van der Waals surface area contributed by atoms with Crippen molar-refractivity contribution >= 4 is 5.91 Å². The van der Waals surface area contributed by atoms with E-state index in [9.17, 15) is 4.79 Å². The lowest BCUT2D eigenvalue weighted by Gasteiger charge is -2.29. The van der Waals surface area contributed by atoms with Gasteiger partial charge in [-0.15, -0.1) is 0 Å². The Kier molecular flexibility index (Phi) is 42.4. The van der Waals surface area contributed by atoms with Gasteiger partial charge >= 0.3 is 0 Å². The first-order valence-corrected chi connectivity index (χ1v) is 24.4. The standard InChI is InChI=1S/C50H98N2O4/c1-7-9-11-13-15-17-19-21-23-25-27-29-31-33-35-37-40-54-45-48(55-42-39-52(43-46(3)4)44-47(5)6)49(50(51)53)56-41-38-36-34-32-30-28-26-24-22-20-18-16-14-12-10-8-2/h21-24,46-49H,7-20,25-45H2,1-6H3,(H2,51,53)/b23-21-,24-22-. The van der Waals surface area contributed by atoms with E-state index in [4.69, 9.17) is 19.9 Å². The van der Waals surface area contributed by atoms with E-state index in [-0.39, 0.29) is 0 Å². The van der Waals surface area contributed by atoms with Gasteiger partial charge < -0.3 is 24.8 Å². The van der Waals surface area contributed by atoms with Gasteiger partial charge in [0, 0.05) is 32.8 Å². The van der Waals surface area contributed by atoms with Crippen molar-refractivity contribution in [2.45, 2.75) is 234 Å². The normalized spacial score (nSPS) is 13.4. The van der Waals surface area contributed by atoms with E-state index >= 15 is 0 Å². The first-order chi connectivity index (χ1) is 27.3. The van der Waals surface area contributed by atoms with Crippen molar-refractivity contribution in [3.8, 4) is 0 Å². The molecule has 0 spiro atoms. The molecule has 0 fully saturated rings. The second-order valence-electron chi connectivity index (χ2n) is 17.6. The molecule has 1 amide bonds. The molecule has 0 saturated carbocycles. The van der Waals surface area contributed by atoms with Crippen LogP contribution in [0.4, 0.5) is 0 Å². The summed E-state index contributed by atoms with van der Waals surface area (Å²) in [6.07, 6.45) is 44.0. The molecule has 0 aromatic heterocycles. The van der Waals surface area contributed by atoms with Gasteiger partial charge in [-0.1, -0.05) is 181 Å². The lowest BCUT2D eigenvalue weighted by molar-refractivity contribution is -0.148. The van der Waals surface area contributed by atoms with E-state index in [2.05, 4.69) is 70.7 Å². The molecule has 0 aromatic carbocycles. The van der Waals surface area contributed by atoms with E-state index in [0.29, 0.717) is 38.3 Å². The summed E-state index contributed by atoms with van der Waals surface area (Å²) in [5.74, 6) is 0.715. The van der Waals surface area contributed by atoms with Crippen LogP contribution in [0.1, 0.15) is 221 Å². The number of rotatable bonds is 45. The monoisotopic (exact) mass is 791 g/mol. The summed E-state index contributed by atoms with van der Waals surface area (Å²) < 4.78 is 18.7. The summed E-state index contributed by atoms with van der Waals surface area (Å²) in [4.78, 5) is 15.1. The maximum atomic E-state index is 12.7. The average Bonchev–Trinajstić information content (AvgIpc) is 3.15. The molecule has 56 heavy (non-hydrogen) atoms. The molecule has 0 aliphatic rings. The molecule has 0 bridgehead atoms. The second-order valence-corrected chi connectivity index (χ2v) is 17.6. The fraction of sp³-hybridized carbons (Fsp3) is 0.900. The van der Waals surface area contributed by atoms with Crippen LogP contribution in [0.25, 0.3) is 0 Å². The number of carbonyl (C=O) groups is 1. The molecular formula is C50H98N2O4. The number of hydrogen-bond donors (Lipinski definition) is 1. The molecule has 0 saturated heterocycles. The third-order valence-electron chi connectivity index (χ3n) is 10.6. The zero-order valence-electron chi connectivity index (χ0n) is 38.5. The molecule has 6 heteroatoms. The zero-order chi connectivity index (χ0) is 41.2. The van der Waals surface area contributed by atoms with Gasteiger partial charge in [0.1, 0.15) is 6.10 Å². The van der Waals surface area contributed by atoms with Crippen molar-refractivity contribution < 1.29 is 19.0 Å². The van der Waals surface area contributed by atoms with Crippen molar-refractivity contribution in [2.24, 2.45) is 17.6 Å². The summed E-state index contributed by atoms with van der Waals surface area (Å²) in [5.41, 5.74) is 5.92. The minimum absolute atomic E-state index is 0.334. The van der Waals surface area contributed by atoms with Gasteiger partial charge in [-0.3, -0.25) is 4.79 Å². The molecule has 0 aromatic rings. The summed E-state index contributed by atoms with van der Waals surface area (Å²) in [5, 5.41) is 0. The molecule has 0 heterocycles. The molecule has 2 unspecified atom stereocenters. The lowest BCUT2D eigenvalue weighted by atomic mass is 10.1. The van der Waals surface area contributed by atoms with Crippen LogP contribution in [0.3, 0.4) is 0 Å².